The lowest BCUT2D eigenvalue weighted by molar-refractivity contribution is -0.147. The van der Waals surface area contributed by atoms with E-state index in [1.807, 2.05) is 0 Å². The number of benzene rings is 1. The Labute approximate surface area is 103 Å². The summed E-state index contributed by atoms with van der Waals surface area (Å²) < 4.78 is 14.2. The first kappa shape index (κ1) is 12.2. The van der Waals surface area contributed by atoms with Crippen molar-refractivity contribution in [2.45, 2.75) is 29.6 Å². The number of phenols is 1. The molecule has 0 heterocycles. The summed E-state index contributed by atoms with van der Waals surface area (Å²) in [5.41, 5.74) is -0.902. The summed E-state index contributed by atoms with van der Waals surface area (Å²) in [4.78, 5) is 11.4. The molecule has 2 rings (SSSR count). The number of hydrogen-bond acceptors (Lipinski definition) is 3. The topological polar surface area (TPSA) is 57.5 Å². The largest absolute Gasteiger partial charge is 0.507 e. The summed E-state index contributed by atoms with van der Waals surface area (Å²) in [5, 5.41) is 18.8. The number of carboxylic acid groups (broad SMARTS) is 1. The molecule has 0 unspecified atom stereocenters. The van der Waals surface area contributed by atoms with Crippen molar-refractivity contribution < 1.29 is 19.4 Å². The van der Waals surface area contributed by atoms with Crippen molar-refractivity contribution in [1.29, 1.82) is 0 Å². The Morgan fingerprint density at radius 2 is 2.12 bits per heavy atom. The van der Waals surface area contributed by atoms with E-state index in [1.54, 1.807) is 6.26 Å². The average Bonchev–Trinajstić information content (AvgIpc) is 2.20. The molecule has 1 aliphatic rings. The molecule has 1 aromatic rings. The molecule has 17 heavy (non-hydrogen) atoms. The van der Waals surface area contributed by atoms with E-state index >= 15 is 0 Å². The summed E-state index contributed by atoms with van der Waals surface area (Å²) in [6, 6.07) is 2.75. The highest BCUT2D eigenvalue weighted by Crippen LogP contribution is 2.47. The predicted molar refractivity (Wildman–Crippen MR) is 63.0 cm³/mol. The van der Waals surface area contributed by atoms with Gasteiger partial charge in [-0.25, -0.2) is 4.39 Å². The Morgan fingerprint density at radius 1 is 1.47 bits per heavy atom. The highest BCUT2D eigenvalue weighted by atomic mass is 32.2. The van der Waals surface area contributed by atoms with Crippen LogP contribution in [0.15, 0.2) is 17.0 Å². The number of carboxylic acids is 1. The summed E-state index contributed by atoms with van der Waals surface area (Å²) in [7, 11) is 0. The first-order chi connectivity index (χ1) is 8.03. The summed E-state index contributed by atoms with van der Waals surface area (Å²) in [6.07, 6.45) is 3.35. The van der Waals surface area contributed by atoms with Crippen LogP contribution < -0.4 is 0 Å². The van der Waals surface area contributed by atoms with Gasteiger partial charge in [0.05, 0.1) is 10.3 Å². The number of hydrogen-bond donors (Lipinski definition) is 2. The molecule has 92 valence electrons. The molecule has 2 N–H and O–H groups in total. The van der Waals surface area contributed by atoms with Crippen LogP contribution in [0.3, 0.4) is 0 Å². The molecule has 0 bridgehead atoms. The van der Waals surface area contributed by atoms with Crippen molar-refractivity contribution in [2.24, 2.45) is 0 Å². The van der Waals surface area contributed by atoms with Crippen molar-refractivity contribution >= 4 is 17.7 Å². The third kappa shape index (κ3) is 1.69. The molecule has 0 amide bonds. The average molecular weight is 256 g/mol. The number of aliphatic carboxylic acids is 1. The van der Waals surface area contributed by atoms with Gasteiger partial charge in [0.25, 0.3) is 0 Å². The van der Waals surface area contributed by atoms with Crippen LogP contribution in [0.25, 0.3) is 0 Å². The molecule has 5 heteroatoms. The van der Waals surface area contributed by atoms with E-state index < -0.39 is 17.2 Å². The third-order valence-electron chi connectivity index (χ3n) is 3.41. The fraction of sp³-hybridized carbons (Fsp3) is 0.417. The van der Waals surface area contributed by atoms with Gasteiger partial charge in [-0.3, -0.25) is 4.79 Å². The number of carbonyl (C=O) groups is 1. The zero-order chi connectivity index (χ0) is 12.6. The lowest BCUT2D eigenvalue weighted by Crippen LogP contribution is -2.43. The number of phenolic OH excluding ortho intramolecular Hbond substituents is 1. The Balaban J connectivity index is 2.56. The minimum atomic E-state index is -1.09. The highest BCUT2D eigenvalue weighted by molar-refractivity contribution is 7.98. The van der Waals surface area contributed by atoms with Crippen LogP contribution in [-0.4, -0.2) is 22.4 Å². The van der Waals surface area contributed by atoms with Crippen LogP contribution in [0.1, 0.15) is 24.8 Å². The van der Waals surface area contributed by atoms with Crippen molar-refractivity contribution in [3.63, 3.8) is 0 Å². The van der Waals surface area contributed by atoms with Crippen LogP contribution in [0.5, 0.6) is 5.75 Å². The van der Waals surface area contributed by atoms with Crippen molar-refractivity contribution in [2.75, 3.05) is 6.26 Å². The normalized spacial score (nSPS) is 17.5. The van der Waals surface area contributed by atoms with Crippen molar-refractivity contribution in [3.8, 4) is 5.75 Å². The van der Waals surface area contributed by atoms with E-state index in [9.17, 15) is 19.4 Å². The standard InChI is InChI=1S/C12H13FO3S/c1-17-10-8(14)4-3-7(9(10)13)12(11(15)16)5-2-6-12/h3-4,14H,2,5-6H2,1H3,(H,15,16). The second kappa shape index (κ2) is 4.22. The van der Waals surface area contributed by atoms with Gasteiger partial charge in [0, 0.05) is 5.56 Å². The van der Waals surface area contributed by atoms with Gasteiger partial charge in [0.15, 0.2) is 0 Å². The molecule has 0 atom stereocenters. The molecule has 0 aromatic heterocycles. The Morgan fingerprint density at radius 3 is 2.53 bits per heavy atom. The number of aromatic hydroxyl groups is 1. The summed E-state index contributed by atoms with van der Waals surface area (Å²) >= 11 is 1.08. The van der Waals surface area contributed by atoms with E-state index in [-0.39, 0.29) is 16.2 Å². The van der Waals surface area contributed by atoms with Gasteiger partial charge in [0.1, 0.15) is 11.6 Å². The smallest absolute Gasteiger partial charge is 0.314 e. The molecule has 1 fully saturated rings. The molecule has 0 aliphatic heterocycles. The van der Waals surface area contributed by atoms with Gasteiger partial charge in [-0.2, -0.15) is 0 Å². The molecule has 0 radical (unpaired) electrons. The SMILES string of the molecule is CSc1c(O)ccc(C2(C(=O)O)CCC2)c1F. The molecule has 1 aromatic carbocycles. The Bertz CT molecular complexity index is 469. The Kier molecular flexibility index (Phi) is 3.03. The molecule has 1 aliphatic carbocycles. The van der Waals surface area contributed by atoms with E-state index in [1.165, 1.54) is 12.1 Å². The second-order valence-corrected chi connectivity index (χ2v) is 5.04. The summed E-state index contributed by atoms with van der Waals surface area (Å²) in [5.74, 6) is -1.72. The second-order valence-electron chi connectivity index (χ2n) is 4.22. The van der Waals surface area contributed by atoms with Crippen LogP contribution in [0.2, 0.25) is 0 Å². The molecular formula is C12H13FO3S. The van der Waals surface area contributed by atoms with Gasteiger partial charge < -0.3 is 10.2 Å². The highest BCUT2D eigenvalue weighted by Gasteiger charge is 2.48. The van der Waals surface area contributed by atoms with Crippen LogP contribution in [-0.2, 0) is 10.2 Å². The third-order valence-corrected chi connectivity index (χ3v) is 4.21. The summed E-state index contributed by atoms with van der Waals surface area (Å²) in [6.45, 7) is 0. The number of halogens is 1. The van der Waals surface area contributed by atoms with Crippen LogP contribution in [0.4, 0.5) is 4.39 Å². The van der Waals surface area contributed by atoms with Gasteiger partial charge in [-0.15, -0.1) is 11.8 Å². The van der Waals surface area contributed by atoms with Crippen molar-refractivity contribution in [3.05, 3.63) is 23.5 Å². The molecule has 0 spiro atoms. The lowest BCUT2D eigenvalue weighted by atomic mass is 9.64. The van der Waals surface area contributed by atoms with Crippen LogP contribution in [0, 0.1) is 5.82 Å². The maximum absolute atomic E-state index is 14.2. The van der Waals surface area contributed by atoms with Gasteiger partial charge >= 0.3 is 5.97 Å². The maximum Gasteiger partial charge on any atom is 0.314 e. The quantitative estimate of drug-likeness (QED) is 0.816. The van der Waals surface area contributed by atoms with Gasteiger partial charge in [0.2, 0.25) is 0 Å². The minimum absolute atomic E-state index is 0.120. The molecule has 3 nitrogen and oxygen atoms in total. The predicted octanol–water partition coefficient (Wildman–Crippen LogP) is 2.76. The minimum Gasteiger partial charge on any atom is -0.507 e. The maximum atomic E-state index is 14.2. The van der Waals surface area contributed by atoms with Crippen molar-refractivity contribution in [1.82, 2.24) is 0 Å². The fourth-order valence-corrected chi connectivity index (χ4v) is 2.80. The Hall–Kier alpha value is -1.23. The zero-order valence-electron chi connectivity index (χ0n) is 9.36. The zero-order valence-corrected chi connectivity index (χ0v) is 10.2. The number of thioether (sulfide) groups is 1. The molecule has 1 saturated carbocycles. The van der Waals surface area contributed by atoms with E-state index in [2.05, 4.69) is 0 Å². The monoisotopic (exact) mass is 256 g/mol. The van der Waals surface area contributed by atoms with Gasteiger partial charge in [-0.1, -0.05) is 12.5 Å². The first-order valence-electron chi connectivity index (χ1n) is 5.32. The lowest BCUT2D eigenvalue weighted by Gasteiger charge is -2.38. The van der Waals surface area contributed by atoms with Gasteiger partial charge in [-0.05, 0) is 25.2 Å². The van der Waals surface area contributed by atoms with E-state index in [0.29, 0.717) is 12.8 Å². The number of rotatable bonds is 3. The molecule has 0 saturated heterocycles. The van der Waals surface area contributed by atoms with E-state index in [4.69, 9.17) is 0 Å². The fourth-order valence-electron chi connectivity index (χ4n) is 2.24. The first-order valence-corrected chi connectivity index (χ1v) is 6.55. The van der Waals surface area contributed by atoms with Crippen LogP contribution >= 0.6 is 11.8 Å². The van der Waals surface area contributed by atoms with E-state index in [0.717, 1.165) is 18.2 Å². The molecular weight excluding hydrogens is 243 g/mol.